The van der Waals surface area contributed by atoms with Crippen molar-refractivity contribution >= 4 is 50.1 Å². The molecule has 0 spiro atoms. The van der Waals surface area contributed by atoms with Gasteiger partial charge in [-0.3, -0.25) is 9.69 Å². The van der Waals surface area contributed by atoms with E-state index in [4.69, 9.17) is 16.6 Å². The van der Waals surface area contributed by atoms with Gasteiger partial charge in [-0.05, 0) is 18.6 Å². The first kappa shape index (κ1) is 13.8. The molecule has 1 unspecified atom stereocenters. The number of sulfone groups is 1. The smallest absolute Gasteiger partial charge is 0.266 e. The van der Waals surface area contributed by atoms with Crippen LogP contribution in [0.4, 0.5) is 0 Å². The minimum absolute atomic E-state index is 0.00156. The molecule has 2 fully saturated rings. The Bertz CT molecular complexity index is 690. The second kappa shape index (κ2) is 5.01. The lowest BCUT2D eigenvalue weighted by atomic mass is 10.2. The Morgan fingerprint density at radius 3 is 2.90 bits per heavy atom. The molecule has 0 bridgehead atoms. The molecule has 0 saturated carbocycles. The van der Waals surface area contributed by atoms with Crippen molar-refractivity contribution in [3.05, 3.63) is 29.1 Å². The molecule has 2 aliphatic heterocycles. The van der Waals surface area contributed by atoms with Crippen molar-refractivity contribution in [2.24, 2.45) is 0 Å². The van der Waals surface area contributed by atoms with E-state index in [1.165, 1.54) is 29.2 Å². The summed E-state index contributed by atoms with van der Waals surface area (Å²) < 4.78 is 28.4. The summed E-state index contributed by atoms with van der Waals surface area (Å²) in [6.07, 6.45) is 5.21. The highest BCUT2D eigenvalue weighted by Gasteiger charge is 2.42. The molecule has 0 aliphatic carbocycles. The zero-order valence-electron chi connectivity index (χ0n) is 10.3. The van der Waals surface area contributed by atoms with Gasteiger partial charge in [0.25, 0.3) is 5.91 Å². The fourth-order valence-electron chi connectivity index (χ4n) is 2.28. The van der Waals surface area contributed by atoms with Gasteiger partial charge in [-0.25, -0.2) is 8.42 Å². The number of thiocarbonyl (C=S) groups is 1. The van der Waals surface area contributed by atoms with Crippen LogP contribution in [0, 0.1) is 0 Å². The molecule has 3 rings (SSSR count). The maximum absolute atomic E-state index is 12.4. The normalized spacial score (nSPS) is 27.7. The van der Waals surface area contributed by atoms with Crippen molar-refractivity contribution in [2.75, 3.05) is 11.5 Å². The van der Waals surface area contributed by atoms with E-state index in [1.807, 2.05) is 0 Å². The van der Waals surface area contributed by atoms with Crippen LogP contribution in [0.15, 0.2) is 27.9 Å². The minimum Gasteiger partial charge on any atom is -0.472 e. The molecule has 106 valence electrons. The van der Waals surface area contributed by atoms with Crippen LogP contribution in [-0.2, 0) is 14.6 Å². The number of hydrogen-bond donors (Lipinski definition) is 0. The molecule has 8 heteroatoms. The fourth-order valence-corrected chi connectivity index (χ4v) is 5.38. The van der Waals surface area contributed by atoms with Gasteiger partial charge < -0.3 is 4.42 Å². The molecule has 1 amide bonds. The summed E-state index contributed by atoms with van der Waals surface area (Å²) in [7, 11) is -3.04. The van der Waals surface area contributed by atoms with Crippen LogP contribution < -0.4 is 0 Å². The Kier molecular flexibility index (Phi) is 3.47. The lowest BCUT2D eigenvalue weighted by Gasteiger charge is -2.20. The molecular formula is C12H11NO4S3. The first-order chi connectivity index (χ1) is 9.46. The number of furan rings is 1. The van der Waals surface area contributed by atoms with Gasteiger partial charge >= 0.3 is 0 Å². The van der Waals surface area contributed by atoms with Crippen molar-refractivity contribution in [3.8, 4) is 0 Å². The summed E-state index contributed by atoms with van der Waals surface area (Å²) in [5, 5.41) is 0. The summed E-state index contributed by atoms with van der Waals surface area (Å²) >= 11 is 6.41. The number of nitrogens with zero attached hydrogens (tertiary/aromatic N) is 1. The van der Waals surface area contributed by atoms with E-state index in [1.54, 1.807) is 12.1 Å². The Balaban J connectivity index is 1.85. The number of amides is 1. The van der Waals surface area contributed by atoms with E-state index in [-0.39, 0.29) is 23.5 Å². The molecular weight excluding hydrogens is 318 g/mol. The van der Waals surface area contributed by atoms with Gasteiger partial charge in [-0.1, -0.05) is 24.0 Å². The summed E-state index contributed by atoms with van der Waals surface area (Å²) in [5.74, 6) is -0.100. The standard InChI is InChI=1S/C12H11NO4S3/c14-11-10(5-8-1-3-17-6-8)19-12(18)13(11)9-2-4-20(15,16)7-9/h1,3,5-6,9H,2,4,7H2/b10-5-. The highest BCUT2D eigenvalue weighted by molar-refractivity contribution is 8.26. The Hall–Kier alpha value is -1.12. The predicted octanol–water partition coefficient (Wildman–Crippen LogP) is 1.67. The molecule has 0 aromatic carbocycles. The van der Waals surface area contributed by atoms with E-state index in [2.05, 4.69) is 0 Å². The predicted molar refractivity (Wildman–Crippen MR) is 80.8 cm³/mol. The first-order valence-corrected chi connectivity index (χ1v) is 9.00. The lowest BCUT2D eigenvalue weighted by Crippen LogP contribution is -2.39. The largest absolute Gasteiger partial charge is 0.472 e. The summed E-state index contributed by atoms with van der Waals surface area (Å²) in [6, 6.07) is 1.41. The van der Waals surface area contributed by atoms with Crippen LogP contribution >= 0.6 is 24.0 Å². The van der Waals surface area contributed by atoms with E-state index < -0.39 is 9.84 Å². The number of thioether (sulfide) groups is 1. The zero-order chi connectivity index (χ0) is 14.3. The average Bonchev–Trinajstić information content (AvgIpc) is 3.03. The van der Waals surface area contributed by atoms with Gasteiger partial charge in [0, 0.05) is 5.56 Å². The quantitative estimate of drug-likeness (QED) is 0.607. The highest BCUT2D eigenvalue weighted by atomic mass is 32.2. The van der Waals surface area contributed by atoms with Gasteiger partial charge in [0.05, 0.1) is 35.0 Å². The van der Waals surface area contributed by atoms with E-state index >= 15 is 0 Å². The number of hydrogen-bond acceptors (Lipinski definition) is 6. The van der Waals surface area contributed by atoms with Gasteiger partial charge in [-0.15, -0.1) is 0 Å². The molecule has 20 heavy (non-hydrogen) atoms. The van der Waals surface area contributed by atoms with Crippen LogP contribution in [0.5, 0.6) is 0 Å². The topological polar surface area (TPSA) is 67.6 Å². The van der Waals surface area contributed by atoms with Crippen molar-refractivity contribution in [3.63, 3.8) is 0 Å². The molecule has 2 aliphatic rings. The molecule has 1 aromatic rings. The third-order valence-electron chi connectivity index (χ3n) is 3.24. The van der Waals surface area contributed by atoms with Crippen molar-refractivity contribution in [1.82, 2.24) is 4.90 Å². The van der Waals surface area contributed by atoms with Crippen LogP contribution in [0.3, 0.4) is 0 Å². The maximum Gasteiger partial charge on any atom is 0.266 e. The second-order valence-corrected chi connectivity index (χ2v) is 8.57. The molecule has 1 atom stereocenters. The maximum atomic E-state index is 12.4. The Labute approximate surface area is 125 Å². The first-order valence-electron chi connectivity index (χ1n) is 5.96. The Morgan fingerprint density at radius 2 is 2.30 bits per heavy atom. The Morgan fingerprint density at radius 1 is 1.50 bits per heavy atom. The van der Waals surface area contributed by atoms with E-state index in [0.29, 0.717) is 15.6 Å². The molecule has 2 saturated heterocycles. The number of rotatable bonds is 2. The zero-order valence-corrected chi connectivity index (χ0v) is 12.8. The molecule has 1 aromatic heterocycles. The summed E-state index contributed by atoms with van der Waals surface area (Å²) in [4.78, 5) is 14.3. The van der Waals surface area contributed by atoms with Crippen LogP contribution in [-0.4, -0.2) is 41.1 Å². The van der Waals surface area contributed by atoms with Crippen LogP contribution in [0.2, 0.25) is 0 Å². The van der Waals surface area contributed by atoms with Gasteiger partial charge in [0.1, 0.15) is 4.32 Å². The third kappa shape index (κ3) is 2.55. The van der Waals surface area contributed by atoms with Gasteiger partial charge in [0.2, 0.25) is 0 Å². The molecule has 0 N–H and O–H groups in total. The van der Waals surface area contributed by atoms with Crippen molar-refractivity contribution in [2.45, 2.75) is 12.5 Å². The molecule has 5 nitrogen and oxygen atoms in total. The third-order valence-corrected chi connectivity index (χ3v) is 6.32. The van der Waals surface area contributed by atoms with E-state index in [0.717, 1.165) is 5.56 Å². The summed E-state index contributed by atoms with van der Waals surface area (Å²) in [5.41, 5.74) is 0.782. The van der Waals surface area contributed by atoms with Crippen molar-refractivity contribution < 1.29 is 17.6 Å². The lowest BCUT2D eigenvalue weighted by molar-refractivity contribution is -0.123. The van der Waals surface area contributed by atoms with Crippen molar-refractivity contribution in [1.29, 1.82) is 0 Å². The molecule has 3 heterocycles. The SMILES string of the molecule is O=C1/C(=C/c2ccoc2)SC(=S)N1C1CCS(=O)(=O)C1. The highest BCUT2D eigenvalue weighted by Crippen LogP contribution is 2.36. The monoisotopic (exact) mass is 329 g/mol. The number of carbonyl (C=O) groups excluding carboxylic acids is 1. The van der Waals surface area contributed by atoms with Gasteiger partial charge in [-0.2, -0.15) is 0 Å². The minimum atomic E-state index is -3.04. The average molecular weight is 329 g/mol. The van der Waals surface area contributed by atoms with E-state index in [9.17, 15) is 13.2 Å². The molecule has 0 radical (unpaired) electrons. The second-order valence-electron chi connectivity index (χ2n) is 4.67. The number of carbonyl (C=O) groups is 1. The summed E-state index contributed by atoms with van der Waals surface area (Å²) in [6.45, 7) is 0. The van der Waals surface area contributed by atoms with Gasteiger partial charge in [0.15, 0.2) is 9.84 Å². The fraction of sp³-hybridized carbons (Fsp3) is 0.333. The van der Waals surface area contributed by atoms with Crippen LogP contribution in [0.1, 0.15) is 12.0 Å². The van der Waals surface area contributed by atoms with Crippen LogP contribution in [0.25, 0.3) is 6.08 Å².